The van der Waals surface area contributed by atoms with Crippen molar-refractivity contribution in [2.24, 2.45) is 4.99 Å². The van der Waals surface area contributed by atoms with E-state index in [0.717, 1.165) is 17.9 Å². The zero-order valence-electron chi connectivity index (χ0n) is 13.6. The molecule has 0 aliphatic carbocycles. The lowest BCUT2D eigenvalue weighted by molar-refractivity contribution is 0.354. The molecule has 21 heavy (non-hydrogen) atoms. The molecule has 1 aromatic carbocycles. The van der Waals surface area contributed by atoms with Crippen LogP contribution < -0.4 is 9.47 Å². The van der Waals surface area contributed by atoms with E-state index in [1.165, 1.54) is 0 Å². The van der Waals surface area contributed by atoms with E-state index in [4.69, 9.17) is 21.1 Å². The van der Waals surface area contributed by atoms with Crippen LogP contribution in [0.3, 0.4) is 0 Å². The normalized spacial score (nSPS) is 10.0. The Morgan fingerprint density at radius 2 is 1.71 bits per heavy atom. The summed E-state index contributed by atoms with van der Waals surface area (Å²) in [5.74, 6) is 2.13. The van der Waals surface area contributed by atoms with Crippen molar-refractivity contribution in [3.8, 4) is 11.5 Å². The fourth-order valence-corrected chi connectivity index (χ4v) is 2.41. The minimum Gasteiger partial charge on any atom is -0.493 e. The van der Waals surface area contributed by atoms with Crippen molar-refractivity contribution in [3.63, 3.8) is 0 Å². The summed E-state index contributed by atoms with van der Waals surface area (Å²) in [4.78, 5) is 8.56. The molecule has 1 aromatic rings. The first-order chi connectivity index (χ1) is 9.92. The van der Waals surface area contributed by atoms with Gasteiger partial charge in [-0.1, -0.05) is 17.7 Å². The predicted molar refractivity (Wildman–Crippen MR) is 87.9 cm³/mol. The molecule has 0 N–H and O–H groups in total. The minimum absolute atomic E-state index is 0.570. The van der Waals surface area contributed by atoms with Gasteiger partial charge < -0.3 is 19.3 Å². The monoisotopic (exact) mass is 313 g/mol. The van der Waals surface area contributed by atoms with Crippen LogP contribution in [0.5, 0.6) is 11.5 Å². The van der Waals surface area contributed by atoms with Crippen LogP contribution in [0, 0.1) is 0 Å². The van der Waals surface area contributed by atoms with Crippen molar-refractivity contribution in [1.29, 1.82) is 0 Å². The van der Waals surface area contributed by atoms with Crippen molar-refractivity contribution in [2.45, 2.75) is 6.42 Å². The first-order valence-corrected chi connectivity index (χ1v) is 7.08. The maximum Gasteiger partial charge on any atom is 0.195 e. The Morgan fingerprint density at radius 3 is 2.19 bits per heavy atom. The van der Waals surface area contributed by atoms with Crippen molar-refractivity contribution >= 4 is 17.6 Å². The molecular weight excluding hydrogens is 290 g/mol. The second kappa shape index (κ2) is 7.98. The van der Waals surface area contributed by atoms with Crippen molar-refractivity contribution in [1.82, 2.24) is 9.80 Å². The van der Waals surface area contributed by atoms with E-state index in [-0.39, 0.29) is 0 Å². The van der Waals surface area contributed by atoms with Gasteiger partial charge in [-0.3, -0.25) is 4.99 Å². The Morgan fingerprint density at radius 1 is 1.10 bits per heavy atom. The Labute approximate surface area is 132 Å². The third-order valence-corrected chi connectivity index (χ3v) is 3.41. The number of aliphatic imine (C=N–C) groups is 1. The largest absolute Gasteiger partial charge is 0.493 e. The molecule has 0 aliphatic heterocycles. The van der Waals surface area contributed by atoms with E-state index in [9.17, 15) is 0 Å². The maximum absolute atomic E-state index is 6.36. The lowest BCUT2D eigenvalue weighted by atomic mass is 10.1. The van der Waals surface area contributed by atoms with Gasteiger partial charge in [-0.15, -0.1) is 0 Å². The van der Waals surface area contributed by atoms with Crippen LogP contribution in [0.25, 0.3) is 0 Å². The predicted octanol–water partition coefficient (Wildman–Crippen LogP) is 2.38. The van der Waals surface area contributed by atoms with Gasteiger partial charge in [0.25, 0.3) is 0 Å². The Kier molecular flexibility index (Phi) is 6.62. The summed E-state index contributed by atoms with van der Waals surface area (Å²) in [6.07, 6.45) is 0.740. The number of halogens is 1. The Bertz CT molecular complexity index is 492. The number of benzene rings is 1. The highest BCUT2D eigenvalue weighted by atomic mass is 35.5. The summed E-state index contributed by atoms with van der Waals surface area (Å²) in [6.45, 7) is 0.654. The molecule has 118 valence electrons. The number of ether oxygens (including phenoxy) is 2. The van der Waals surface area contributed by atoms with Gasteiger partial charge in [0.05, 0.1) is 19.2 Å². The first kappa shape index (κ1) is 17.4. The molecular formula is C15H24ClN3O2. The summed E-state index contributed by atoms with van der Waals surface area (Å²) in [6, 6.07) is 3.81. The topological polar surface area (TPSA) is 37.3 Å². The lowest BCUT2D eigenvalue weighted by Gasteiger charge is -2.22. The molecule has 5 nitrogen and oxygen atoms in total. The molecule has 0 atom stereocenters. The molecule has 0 amide bonds. The highest BCUT2D eigenvalue weighted by Gasteiger charge is 2.13. The molecule has 0 saturated heterocycles. The number of methoxy groups -OCH3 is 2. The summed E-state index contributed by atoms with van der Waals surface area (Å²) in [7, 11) is 11.1. The van der Waals surface area contributed by atoms with Crippen LogP contribution in [-0.2, 0) is 6.42 Å². The maximum atomic E-state index is 6.36. The summed E-state index contributed by atoms with van der Waals surface area (Å²) in [5, 5.41) is 0.586. The molecule has 0 spiro atoms. The van der Waals surface area contributed by atoms with E-state index in [0.29, 0.717) is 23.1 Å². The summed E-state index contributed by atoms with van der Waals surface area (Å²) < 4.78 is 10.5. The second-order valence-electron chi connectivity index (χ2n) is 4.99. The third-order valence-electron chi connectivity index (χ3n) is 3.00. The van der Waals surface area contributed by atoms with Crippen molar-refractivity contribution in [2.75, 3.05) is 49.0 Å². The van der Waals surface area contributed by atoms with E-state index in [2.05, 4.69) is 4.99 Å². The zero-order valence-corrected chi connectivity index (χ0v) is 14.4. The van der Waals surface area contributed by atoms with Crippen LogP contribution >= 0.6 is 11.6 Å². The quantitative estimate of drug-likeness (QED) is 0.618. The van der Waals surface area contributed by atoms with Gasteiger partial charge in [0.2, 0.25) is 0 Å². The molecule has 0 bridgehead atoms. The highest BCUT2D eigenvalue weighted by Crippen LogP contribution is 2.37. The van der Waals surface area contributed by atoms with Crippen LogP contribution in [0.15, 0.2) is 17.1 Å². The third kappa shape index (κ3) is 4.43. The van der Waals surface area contributed by atoms with Gasteiger partial charge in [0, 0.05) is 34.7 Å². The zero-order chi connectivity index (χ0) is 16.0. The molecule has 0 aliphatic rings. The van der Waals surface area contributed by atoms with Gasteiger partial charge in [-0.25, -0.2) is 0 Å². The molecule has 0 heterocycles. The van der Waals surface area contributed by atoms with Gasteiger partial charge >= 0.3 is 0 Å². The number of rotatable bonds is 5. The smallest absolute Gasteiger partial charge is 0.195 e. The molecule has 1 rings (SSSR count). The minimum atomic E-state index is 0.570. The molecule has 0 radical (unpaired) electrons. The second-order valence-corrected chi connectivity index (χ2v) is 5.37. The SMILES string of the molecule is COc1ccc(CCN=C(N(C)C)N(C)C)c(Cl)c1OC. The molecule has 0 saturated carbocycles. The number of nitrogens with zero attached hydrogens (tertiary/aromatic N) is 3. The van der Waals surface area contributed by atoms with E-state index in [1.807, 2.05) is 50.1 Å². The van der Waals surface area contributed by atoms with Gasteiger partial charge in [-0.05, 0) is 18.1 Å². The number of hydrogen-bond acceptors (Lipinski definition) is 3. The average Bonchev–Trinajstić information content (AvgIpc) is 2.43. The van der Waals surface area contributed by atoms with E-state index < -0.39 is 0 Å². The highest BCUT2D eigenvalue weighted by molar-refractivity contribution is 6.33. The van der Waals surface area contributed by atoms with Crippen molar-refractivity contribution in [3.05, 3.63) is 22.7 Å². The van der Waals surface area contributed by atoms with E-state index >= 15 is 0 Å². The van der Waals surface area contributed by atoms with Crippen LogP contribution in [0.1, 0.15) is 5.56 Å². The lowest BCUT2D eigenvalue weighted by Crippen LogP contribution is -2.35. The van der Waals surface area contributed by atoms with Crippen LogP contribution in [-0.4, -0.2) is 64.7 Å². The van der Waals surface area contributed by atoms with Gasteiger partial charge in [0.1, 0.15) is 0 Å². The fraction of sp³-hybridized carbons (Fsp3) is 0.533. The standard InChI is InChI=1S/C15H24ClN3O2/c1-18(2)15(19(3)4)17-10-9-11-7-8-12(20-5)14(21-6)13(11)16/h7-8H,9-10H2,1-6H3. The Hall–Kier alpha value is -1.62. The van der Waals surface area contributed by atoms with Gasteiger partial charge in [-0.2, -0.15) is 0 Å². The first-order valence-electron chi connectivity index (χ1n) is 6.70. The number of hydrogen-bond donors (Lipinski definition) is 0. The fourth-order valence-electron chi connectivity index (χ4n) is 2.08. The Balaban J connectivity index is 2.87. The van der Waals surface area contributed by atoms with E-state index in [1.54, 1.807) is 14.2 Å². The summed E-state index contributed by atoms with van der Waals surface area (Å²) >= 11 is 6.36. The van der Waals surface area contributed by atoms with Gasteiger partial charge in [0.15, 0.2) is 17.5 Å². The van der Waals surface area contributed by atoms with Crippen LogP contribution in [0.4, 0.5) is 0 Å². The van der Waals surface area contributed by atoms with Crippen molar-refractivity contribution < 1.29 is 9.47 Å². The molecule has 0 aromatic heterocycles. The number of guanidine groups is 1. The molecule has 0 fully saturated rings. The molecule has 0 unspecified atom stereocenters. The average molecular weight is 314 g/mol. The summed E-state index contributed by atoms with van der Waals surface area (Å²) in [5.41, 5.74) is 0.995. The molecule has 6 heteroatoms. The van der Waals surface area contributed by atoms with Crippen LogP contribution in [0.2, 0.25) is 5.02 Å².